The highest BCUT2D eigenvalue weighted by Crippen LogP contribution is 2.31. The molecular weight excluding hydrogens is 415 g/mol. The van der Waals surface area contributed by atoms with Crippen LogP contribution in [0.3, 0.4) is 0 Å². The summed E-state index contributed by atoms with van der Waals surface area (Å²) in [6, 6.07) is 13.5. The fraction of sp³-hybridized carbons (Fsp3) is 0.250. The summed E-state index contributed by atoms with van der Waals surface area (Å²) in [6.07, 6.45) is 3.12. The minimum Gasteiger partial charge on any atom is -0.349 e. The highest BCUT2D eigenvalue weighted by molar-refractivity contribution is 7.99. The third-order valence-electron chi connectivity index (χ3n) is 4.69. The van der Waals surface area contributed by atoms with E-state index in [4.69, 9.17) is 23.2 Å². The van der Waals surface area contributed by atoms with Crippen molar-refractivity contribution in [3.63, 3.8) is 0 Å². The van der Waals surface area contributed by atoms with Gasteiger partial charge < -0.3 is 5.32 Å². The van der Waals surface area contributed by atoms with Gasteiger partial charge in [-0.3, -0.25) is 9.89 Å². The highest BCUT2D eigenvalue weighted by Gasteiger charge is 2.21. The maximum atomic E-state index is 12.4. The molecule has 0 radical (unpaired) electrons. The minimum atomic E-state index is -0.0289. The van der Waals surface area contributed by atoms with E-state index in [-0.39, 0.29) is 17.7 Å². The lowest BCUT2D eigenvalue weighted by Gasteiger charge is -2.26. The number of nitrogens with zero attached hydrogens (tertiary/aromatic N) is 2. The molecule has 0 saturated carbocycles. The van der Waals surface area contributed by atoms with Crippen LogP contribution in [0.4, 0.5) is 0 Å². The average molecular weight is 433 g/mol. The summed E-state index contributed by atoms with van der Waals surface area (Å²) in [5, 5.41) is 11.7. The minimum absolute atomic E-state index is 0.0289. The van der Waals surface area contributed by atoms with Gasteiger partial charge in [0.25, 0.3) is 0 Å². The molecule has 1 aromatic heterocycles. The van der Waals surface area contributed by atoms with Gasteiger partial charge in [-0.1, -0.05) is 59.2 Å². The van der Waals surface area contributed by atoms with Gasteiger partial charge in [-0.15, -0.1) is 5.10 Å². The van der Waals surface area contributed by atoms with Gasteiger partial charge in [0.2, 0.25) is 11.1 Å². The molecule has 3 aromatic rings. The summed E-state index contributed by atoms with van der Waals surface area (Å²) in [4.78, 5) is 16.8. The van der Waals surface area contributed by atoms with E-state index >= 15 is 0 Å². The molecule has 0 saturated heterocycles. The van der Waals surface area contributed by atoms with Crippen molar-refractivity contribution in [2.75, 3.05) is 5.75 Å². The smallest absolute Gasteiger partial charge is 0.230 e. The van der Waals surface area contributed by atoms with Gasteiger partial charge in [-0.2, -0.15) is 0 Å². The molecule has 0 spiro atoms. The average Bonchev–Trinajstić information content (AvgIpc) is 3.17. The number of halogens is 2. The number of carbonyl (C=O) groups excluding carboxylic acids is 1. The molecule has 144 valence electrons. The number of H-pyrrole nitrogens is 1. The second-order valence-electron chi connectivity index (χ2n) is 6.59. The molecule has 28 heavy (non-hydrogen) atoms. The fourth-order valence-corrected chi connectivity index (χ4v) is 4.37. The summed E-state index contributed by atoms with van der Waals surface area (Å²) in [7, 11) is 0. The van der Waals surface area contributed by atoms with Crippen molar-refractivity contribution in [2.45, 2.75) is 30.5 Å². The molecule has 0 bridgehead atoms. The summed E-state index contributed by atoms with van der Waals surface area (Å²) in [6.45, 7) is 0. The van der Waals surface area contributed by atoms with Gasteiger partial charge >= 0.3 is 0 Å². The van der Waals surface area contributed by atoms with Crippen LogP contribution in [0.5, 0.6) is 0 Å². The molecule has 1 amide bonds. The lowest BCUT2D eigenvalue weighted by Crippen LogP contribution is -2.32. The van der Waals surface area contributed by atoms with Gasteiger partial charge in [0, 0.05) is 10.6 Å². The Morgan fingerprint density at radius 3 is 3.00 bits per heavy atom. The van der Waals surface area contributed by atoms with Crippen LogP contribution in [-0.4, -0.2) is 26.8 Å². The number of thioether (sulfide) groups is 1. The first-order chi connectivity index (χ1) is 13.6. The Kier molecular flexibility index (Phi) is 5.90. The van der Waals surface area contributed by atoms with Crippen LogP contribution in [0.1, 0.15) is 30.0 Å². The maximum Gasteiger partial charge on any atom is 0.230 e. The second kappa shape index (κ2) is 8.55. The van der Waals surface area contributed by atoms with E-state index in [0.29, 0.717) is 26.6 Å². The SMILES string of the molecule is O=C(CSc1n[nH]c(-c2cc(Cl)ccc2Cl)n1)N[C@H]1CCCc2ccccc21. The Bertz CT molecular complexity index is 1010. The highest BCUT2D eigenvalue weighted by atomic mass is 35.5. The normalized spacial score (nSPS) is 15.9. The van der Waals surface area contributed by atoms with Crippen LogP contribution < -0.4 is 5.32 Å². The Morgan fingerprint density at radius 1 is 1.25 bits per heavy atom. The number of fused-ring (bicyclic) bond motifs is 1. The quantitative estimate of drug-likeness (QED) is 0.552. The van der Waals surface area contributed by atoms with Crippen LogP contribution in [-0.2, 0) is 11.2 Å². The van der Waals surface area contributed by atoms with Gasteiger partial charge in [-0.05, 0) is 48.6 Å². The predicted octanol–water partition coefficient (Wildman–Crippen LogP) is 5.06. The molecule has 2 aromatic carbocycles. The van der Waals surface area contributed by atoms with Gasteiger partial charge in [0.05, 0.1) is 16.8 Å². The van der Waals surface area contributed by atoms with E-state index in [1.807, 2.05) is 12.1 Å². The molecule has 5 nitrogen and oxygen atoms in total. The van der Waals surface area contributed by atoms with Crippen LogP contribution in [0.15, 0.2) is 47.6 Å². The van der Waals surface area contributed by atoms with Crippen molar-refractivity contribution in [2.24, 2.45) is 0 Å². The lowest BCUT2D eigenvalue weighted by atomic mass is 9.88. The number of aryl methyl sites for hydroxylation is 1. The Hall–Kier alpha value is -2.02. The zero-order valence-electron chi connectivity index (χ0n) is 14.9. The Balaban J connectivity index is 1.37. The number of hydrogen-bond donors (Lipinski definition) is 2. The number of benzene rings is 2. The number of rotatable bonds is 5. The first-order valence-electron chi connectivity index (χ1n) is 8.98. The predicted molar refractivity (Wildman–Crippen MR) is 113 cm³/mol. The maximum absolute atomic E-state index is 12.4. The van der Waals surface area contributed by atoms with Gasteiger partial charge in [-0.25, -0.2) is 4.98 Å². The molecule has 1 atom stereocenters. The Labute approximate surface area is 177 Å². The topological polar surface area (TPSA) is 70.7 Å². The third-order valence-corrected chi connectivity index (χ3v) is 6.10. The number of carbonyl (C=O) groups is 1. The van der Waals surface area contributed by atoms with Crippen LogP contribution >= 0.6 is 35.0 Å². The second-order valence-corrected chi connectivity index (χ2v) is 8.38. The van der Waals surface area contributed by atoms with Crippen molar-refractivity contribution in [1.29, 1.82) is 0 Å². The monoisotopic (exact) mass is 432 g/mol. The number of amides is 1. The van der Waals surface area contributed by atoms with Crippen molar-refractivity contribution in [3.8, 4) is 11.4 Å². The summed E-state index contributed by atoms with van der Waals surface area (Å²) < 4.78 is 0. The van der Waals surface area contributed by atoms with Crippen molar-refractivity contribution in [3.05, 3.63) is 63.6 Å². The van der Waals surface area contributed by atoms with Crippen molar-refractivity contribution < 1.29 is 4.79 Å². The molecule has 8 heteroatoms. The summed E-state index contributed by atoms with van der Waals surface area (Å²) >= 11 is 13.5. The van der Waals surface area contributed by atoms with E-state index in [1.54, 1.807) is 18.2 Å². The number of nitrogens with one attached hydrogen (secondary N) is 2. The zero-order chi connectivity index (χ0) is 19.5. The number of hydrogen-bond acceptors (Lipinski definition) is 4. The largest absolute Gasteiger partial charge is 0.349 e. The molecule has 4 rings (SSSR count). The fourth-order valence-electron chi connectivity index (χ4n) is 3.38. The summed E-state index contributed by atoms with van der Waals surface area (Å²) in [5.41, 5.74) is 3.23. The lowest BCUT2D eigenvalue weighted by molar-refractivity contribution is -0.119. The van der Waals surface area contributed by atoms with Gasteiger partial charge in [0.15, 0.2) is 5.82 Å². The van der Waals surface area contributed by atoms with Crippen LogP contribution in [0, 0.1) is 0 Å². The van der Waals surface area contributed by atoms with E-state index in [9.17, 15) is 4.79 Å². The summed E-state index contributed by atoms with van der Waals surface area (Å²) in [5.74, 6) is 0.745. The first-order valence-corrected chi connectivity index (χ1v) is 10.7. The molecule has 2 N–H and O–H groups in total. The molecule has 0 fully saturated rings. The Morgan fingerprint density at radius 2 is 2.11 bits per heavy atom. The number of aromatic amines is 1. The number of aromatic nitrogens is 3. The van der Waals surface area contributed by atoms with E-state index < -0.39 is 0 Å². The van der Waals surface area contributed by atoms with Crippen molar-refractivity contribution in [1.82, 2.24) is 20.5 Å². The van der Waals surface area contributed by atoms with Crippen molar-refractivity contribution >= 4 is 40.9 Å². The molecule has 1 aliphatic rings. The first kappa shape index (κ1) is 19.3. The molecule has 0 aliphatic heterocycles. The van der Waals surface area contributed by atoms with E-state index in [0.717, 1.165) is 19.3 Å². The standard InChI is InChI=1S/C20H18Cl2N4OS/c21-13-8-9-16(22)15(10-13)19-24-20(26-25-19)28-11-18(27)23-17-7-3-5-12-4-1-2-6-14(12)17/h1-2,4,6,8-10,17H,3,5,7,11H2,(H,23,27)(H,24,25,26)/t17-/m0/s1. The molecule has 0 unspecified atom stereocenters. The van der Waals surface area contributed by atoms with Gasteiger partial charge in [0.1, 0.15) is 0 Å². The van der Waals surface area contributed by atoms with Crippen LogP contribution in [0.2, 0.25) is 10.0 Å². The zero-order valence-corrected chi connectivity index (χ0v) is 17.2. The van der Waals surface area contributed by atoms with E-state index in [1.165, 1.54) is 22.9 Å². The van der Waals surface area contributed by atoms with Crippen LogP contribution in [0.25, 0.3) is 11.4 Å². The molecule has 1 aliphatic carbocycles. The third kappa shape index (κ3) is 4.35. The van der Waals surface area contributed by atoms with E-state index in [2.05, 4.69) is 32.6 Å². The molecular formula is C20H18Cl2N4OS. The molecule has 1 heterocycles.